The standard InChI is InChI=1S/C28H27F6NO3/c1-16-24(17-11-19(27(29,30)31)13-20(12-17)28(32,33)34)38-25(36)35(16)15-18-14-26(9-10-26)8-7-21(18)22-5-3-4-6-23(22)37-2/h3-6,11-13,16,24H,7-10,14-15H2,1-2H3. The Morgan fingerprint density at radius 1 is 1.00 bits per heavy atom. The first-order valence-corrected chi connectivity index (χ1v) is 12.4. The van der Waals surface area contributed by atoms with Gasteiger partial charge in [-0.3, -0.25) is 4.90 Å². The fourth-order valence-corrected chi connectivity index (χ4v) is 5.70. The molecular formula is C28H27F6NO3. The molecular weight excluding hydrogens is 512 g/mol. The number of hydrogen-bond donors (Lipinski definition) is 0. The van der Waals surface area contributed by atoms with Crippen molar-refractivity contribution in [2.45, 2.75) is 63.5 Å². The van der Waals surface area contributed by atoms with Gasteiger partial charge in [-0.05, 0) is 85.4 Å². The largest absolute Gasteiger partial charge is 0.496 e. The van der Waals surface area contributed by atoms with Crippen molar-refractivity contribution < 1.29 is 40.6 Å². The molecule has 0 aromatic heterocycles. The Morgan fingerprint density at radius 2 is 1.63 bits per heavy atom. The topological polar surface area (TPSA) is 38.8 Å². The van der Waals surface area contributed by atoms with Crippen LogP contribution in [0.3, 0.4) is 0 Å². The third kappa shape index (κ3) is 4.97. The third-order valence-corrected chi connectivity index (χ3v) is 8.00. The third-order valence-electron chi connectivity index (χ3n) is 8.00. The van der Waals surface area contributed by atoms with Crippen LogP contribution in [0.5, 0.6) is 5.75 Å². The first kappa shape index (κ1) is 26.4. The van der Waals surface area contributed by atoms with Crippen molar-refractivity contribution in [1.82, 2.24) is 4.90 Å². The predicted molar refractivity (Wildman–Crippen MR) is 127 cm³/mol. The minimum absolute atomic E-state index is 0.0736. The van der Waals surface area contributed by atoms with Crippen LogP contribution in [0.15, 0.2) is 48.0 Å². The maximum absolute atomic E-state index is 13.4. The van der Waals surface area contributed by atoms with Gasteiger partial charge in [0.15, 0.2) is 0 Å². The molecule has 1 amide bonds. The van der Waals surface area contributed by atoms with Crippen molar-refractivity contribution in [3.05, 3.63) is 70.3 Å². The maximum atomic E-state index is 13.4. The molecule has 2 atom stereocenters. The van der Waals surface area contributed by atoms with Gasteiger partial charge < -0.3 is 9.47 Å². The van der Waals surface area contributed by atoms with E-state index in [-0.39, 0.29) is 23.6 Å². The highest BCUT2D eigenvalue weighted by Crippen LogP contribution is 2.59. The number of para-hydroxylation sites is 1. The van der Waals surface area contributed by atoms with Gasteiger partial charge in [-0.1, -0.05) is 18.2 Å². The lowest BCUT2D eigenvalue weighted by molar-refractivity contribution is -0.143. The van der Waals surface area contributed by atoms with Crippen LogP contribution in [-0.2, 0) is 17.1 Å². The smallest absolute Gasteiger partial charge is 0.416 e. The number of allylic oxidation sites excluding steroid dienone is 1. The van der Waals surface area contributed by atoms with E-state index in [1.807, 2.05) is 24.3 Å². The molecule has 1 saturated carbocycles. The van der Waals surface area contributed by atoms with E-state index in [2.05, 4.69) is 0 Å². The molecule has 4 nitrogen and oxygen atoms in total. The number of halogens is 6. The lowest BCUT2D eigenvalue weighted by Crippen LogP contribution is -2.35. The summed E-state index contributed by atoms with van der Waals surface area (Å²) in [5.74, 6) is 0.699. The molecule has 2 aromatic rings. The van der Waals surface area contributed by atoms with Crippen LogP contribution in [0, 0.1) is 5.41 Å². The number of alkyl halides is 6. The van der Waals surface area contributed by atoms with Crippen LogP contribution in [0.4, 0.5) is 31.1 Å². The number of benzene rings is 2. The second-order valence-corrected chi connectivity index (χ2v) is 10.5. The second-order valence-electron chi connectivity index (χ2n) is 10.5. The molecule has 0 bridgehead atoms. The highest BCUT2D eigenvalue weighted by atomic mass is 19.4. The fraction of sp³-hybridized carbons (Fsp3) is 0.464. The Labute approximate surface area is 216 Å². The van der Waals surface area contributed by atoms with Crippen molar-refractivity contribution >= 4 is 11.7 Å². The lowest BCUT2D eigenvalue weighted by atomic mass is 9.78. The average molecular weight is 540 g/mol. The van der Waals surface area contributed by atoms with Crippen molar-refractivity contribution in [3.63, 3.8) is 0 Å². The molecule has 0 N–H and O–H groups in total. The molecule has 1 aliphatic heterocycles. The molecule has 0 radical (unpaired) electrons. The summed E-state index contributed by atoms with van der Waals surface area (Å²) < 4.78 is 91.5. The van der Waals surface area contributed by atoms with Crippen LogP contribution >= 0.6 is 0 Å². The first-order chi connectivity index (χ1) is 17.8. The molecule has 2 unspecified atom stereocenters. The summed E-state index contributed by atoms with van der Waals surface area (Å²) >= 11 is 0. The Bertz CT molecular complexity index is 1250. The van der Waals surface area contributed by atoms with Gasteiger partial charge in [-0.25, -0.2) is 4.79 Å². The zero-order valence-electron chi connectivity index (χ0n) is 20.9. The number of hydrogen-bond acceptors (Lipinski definition) is 3. The summed E-state index contributed by atoms with van der Waals surface area (Å²) in [6.45, 7) is 1.76. The highest BCUT2D eigenvalue weighted by molar-refractivity contribution is 5.77. The molecule has 1 spiro atoms. The van der Waals surface area contributed by atoms with Crippen LogP contribution < -0.4 is 4.74 Å². The van der Waals surface area contributed by atoms with Crippen molar-refractivity contribution in [2.75, 3.05) is 13.7 Å². The molecule has 204 valence electrons. The Morgan fingerprint density at radius 3 is 2.21 bits per heavy atom. The van der Waals surface area contributed by atoms with E-state index in [0.29, 0.717) is 17.9 Å². The summed E-state index contributed by atoms with van der Waals surface area (Å²) in [5, 5.41) is 0. The second kappa shape index (κ2) is 9.24. The fourth-order valence-electron chi connectivity index (χ4n) is 5.70. The molecule has 2 aliphatic carbocycles. The van der Waals surface area contributed by atoms with Gasteiger partial charge in [-0.15, -0.1) is 0 Å². The first-order valence-electron chi connectivity index (χ1n) is 12.4. The van der Waals surface area contributed by atoms with E-state index < -0.39 is 41.7 Å². The van der Waals surface area contributed by atoms with Crippen molar-refractivity contribution in [3.8, 4) is 5.75 Å². The lowest BCUT2D eigenvalue weighted by Gasteiger charge is -2.31. The molecule has 2 fully saturated rings. The average Bonchev–Trinajstić information content (AvgIpc) is 3.55. The van der Waals surface area contributed by atoms with Gasteiger partial charge in [0, 0.05) is 12.1 Å². The molecule has 1 saturated heterocycles. The number of rotatable bonds is 5. The van der Waals surface area contributed by atoms with Gasteiger partial charge in [0.2, 0.25) is 0 Å². The van der Waals surface area contributed by atoms with Gasteiger partial charge in [-0.2, -0.15) is 26.3 Å². The Kier molecular flexibility index (Phi) is 6.43. The number of carbonyl (C=O) groups is 1. The summed E-state index contributed by atoms with van der Waals surface area (Å²) in [6.07, 6.45) is -7.28. The molecule has 10 heteroatoms. The minimum atomic E-state index is -4.99. The number of carbonyl (C=O) groups excluding carboxylic acids is 1. The Balaban J connectivity index is 1.49. The van der Waals surface area contributed by atoms with Gasteiger partial charge in [0.05, 0.1) is 24.3 Å². The van der Waals surface area contributed by atoms with E-state index in [1.165, 1.54) is 4.90 Å². The number of nitrogens with zero attached hydrogens (tertiary/aromatic N) is 1. The summed E-state index contributed by atoms with van der Waals surface area (Å²) in [6, 6.07) is 8.13. The molecule has 2 aromatic carbocycles. The predicted octanol–water partition coefficient (Wildman–Crippen LogP) is 8.03. The van der Waals surface area contributed by atoms with E-state index >= 15 is 0 Å². The van der Waals surface area contributed by atoms with E-state index in [1.54, 1.807) is 14.0 Å². The van der Waals surface area contributed by atoms with Crippen LogP contribution in [0.25, 0.3) is 5.57 Å². The quantitative estimate of drug-likeness (QED) is 0.361. The minimum Gasteiger partial charge on any atom is -0.496 e. The summed E-state index contributed by atoms with van der Waals surface area (Å²) in [7, 11) is 1.58. The van der Waals surface area contributed by atoms with Gasteiger partial charge >= 0.3 is 18.4 Å². The number of amides is 1. The van der Waals surface area contributed by atoms with E-state index in [4.69, 9.17) is 9.47 Å². The van der Waals surface area contributed by atoms with Crippen molar-refractivity contribution in [2.24, 2.45) is 5.41 Å². The van der Waals surface area contributed by atoms with Crippen molar-refractivity contribution in [1.29, 1.82) is 0 Å². The highest BCUT2D eigenvalue weighted by Gasteiger charge is 2.48. The van der Waals surface area contributed by atoms with Crippen LogP contribution in [0.1, 0.15) is 67.4 Å². The van der Waals surface area contributed by atoms with Crippen LogP contribution in [0.2, 0.25) is 0 Å². The maximum Gasteiger partial charge on any atom is 0.416 e. The van der Waals surface area contributed by atoms with E-state index in [0.717, 1.165) is 48.8 Å². The molecule has 38 heavy (non-hydrogen) atoms. The van der Waals surface area contributed by atoms with E-state index in [9.17, 15) is 31.1 Å². The van der Waals surface area contributed by atoms with Gasteiger partial charge in [0.25, 0.3) is 0 Å². The van der Waals surface area contributed by atoms with Gasteiger partial charge in [0.1, 0.15) is 11.9 Å². The Hall–Kier alpha value is -3.17. The zero-order valence-corrected chi connectivity index (χ0v) is 20.9. The normalized spacial score (nSPS) is 23.2. The number of ether oxygens (including phenoxy) is 2. The monoisotopic (exact) mass is 539 g/mol. The molecule has 5 rings (SSSR count). The molecule has 1 heterocycles. The number of cyclic esters (lactones) is 1. The molecule has 3 aliphatic rings. The summed E-state index contributed by atoms with van der Waals surface area (Å²) in [4.78, 5) is 14.4. The summed E-state index contributed by atoms with van der Waals surface area (Å²) in [5.41, 5.74) is -0.0250. The SMILES string of the molecule is COc1ccccc1C1=C(CN2C(=O)OC(c3cc(C(F)(F)F)cc(C(F)(F)F)c3)C2C)CC2(CC1)CC2. The zero-order chi connectivity index (χ0) is 27.5. The number of methoxy groups -OCH3 is 1. The van der Waals surface area contributed by atoms with Crippen LogP contribution in [-0.4, -0.2) is 30.7 Å².